The van der Waals surface area contributed by atoms with Gasteiger partial charge in [0.2, 0.25) is 5.88 Å². The van der Waals surface area contributed by atoms with Crippen molar-refractivity contribution in [1.29, 1.82) is 5.26 Å². The summed E-state index contributed by atoms with van der Waals surface area (Å²) in [5.74, 6) is -2.11. The summed E-state index contributed by atoms with van der Waals surface area (Å²) in [6.45, 7) is 0.182. The monoisotopic (exact) mass is 405 g/mol. The van der Waals surface area contributed by atoms with Crippen LogP contribution in [0.15, 0.2) is 35.3 Å². The Bertz CT molecular complexity index is 1350. The fourth-order valence-electron chi connectivity index (χ4n) is 4.54. The molecule has 1 saturated heterocycles. The molecule has 0 spiro atoms. The molecule has 2 unspecified atom stereocenters. The van der Waals surface area contributed by atoms with Crippen LogP contribution in [0.4, 0.5) is 0 Å². The normalized spacial score (nSPS) is 19.0. The molecular weight excluding hydrogens is 390 g/mol. The van der Waals surface area contributed by atoms with E-state index in [2.05, 4.69) is 9.72 Å². The van der Waals surface area contributed by atoms with Crippen LogP contribution in [-0.2, 0) is 14.3 Å². The first kappa shape index (κ1) is 17.9. The number of hydrogen-bond acceptors (Lipinski definition) is 7. The maximum Gasteiger partial charge on any atom is 0.396 e. The smallest absolute Gasteiger partial charge is 0.396 e. The van der Waals surface area contributed by atoms with Crippen LogP contribution in [0.2, 0.25) is 0 Å². The molecule has 5 rings (SSSR count). The second-order valence-electron chi connectivity index (χ2n) is 7.20. The highest BCUT2D eigenvalue weighted by molar-refractivity contribution is 6.32. The number of aromatic hydroxyl groups is 1. The quantitative estimate of drug-likeness (QED) is 0.467. The number of hydrogen-bond donors (Lipinski definition) is 1. The van der Waals surface area contributed by atoms with E-state index in [1.807, 2.05) is 6.07 Å². The minimum atomic E-state index is -0.988. The van der Waals surface area contributed by atoms with Crippen molar-refractivity contribution in [3.8, 4) is 17.6 Å². The minimum Gasteiger partial charge on any atom is -0.493 e. The van der Waals surface area contributed by atoms with Crippen LogP contribution in [-0.4, -0.2) is 49.7 Å². The van der Waals surface area contributed by atoms with E-state index in [4.69, 9.17) is 0 Å². The molecule has 0 saturated carbocycles. The molecular formula is C20H15N5O5. The summed E-state index contributed by atoms with van der Waals surface area (Å²) in [7, 11) is 1.13. The van der Waals surface area contributed by atoms with Gasteiger partial charge < -0.3 is 14.7 Å². The molecule has 2 aliphatic heterocycles. The number of fused-ring (bicyclic) bond motifs is 6. The van der Waals surface area contributed by atoms with Crippen molar-refractivity contribution in [2.24, 2.45) is 0 Å². The molecule has 10 heteroatoms. The fraction of sp³-hybridized carbons (Fsp3) is 0.250. The standard InChI is InChI=1S/C20H15N5O5/c1-30-19(28)18(27)23-9-10-6-14(23)16-17(26)25(20(29)24(10)16)15-8-22-13(7-21)11-4-2-3-5-12(11)15/h2-5,8,10,14,26H,6,9H2,1H3. The van der Waals surface area contributed by atoms with Crippen LogP contribution in [0.25, 0.3) is 16.5 Å². The number of rotatable bonds is 1. The number of nitriles is 1. The number of nitrogens with zero attached hydrogens (tertiary/aromatic N) is 5. The fourth-order valence-corrected chi connectivity index (χ4v) is 4.54. The lowest BCUT2D eigenvalue weighted by Crippen LogP contribution is -2.41. The van der Waals surface area contributed by atoms with Gasteiger partial charge in [-0.2, -0.15) is 5.26 Å². The number of carbonyl (C=O) groups is 2. The Kier molecular flexibility index (Phi) is 3.70. The zero-order valence-corrected chi connectivity index (χ0v) is 15.8. The van der Waals surface area contributed by atoms with Gasteiger partial charge in [0.1, 0.15) is 17.5 Å². The summed E-state index contributed by atoms with van der Waals surface area (Å²) >= 11 is 0. The first-order valence-electron chi connectivity index (χ1n) is 9.21. The minimum absolute atomic E-state index is 0.182. The SMILES string of the molecule is COC(=O)C(=O)N1CC2CC1c1c(O)n(-c3cnc(C#N)c4ccccc34)c(=O)n12. The molecule has 2 atom stereocenters. The third-order valence-corrected chi connectivity index (χ3v) is 5.80. The molecule has 0 aliphatic carbocycles. The van der Waals surface area contributed by atoms with Crippen LogP contribution >= 0.6 is 0 Å². The molecule has 1 N–H and O–H groups in total. The molecule has 10 nitrogen and oxygen atoms in total. The number of benzene rings is 1. The van der Waals surface area contributed by atoms with Crippen molar-refractivity contribution in [1.82, 2.24) is 19.0 Å². The lowest BCUT2D eigenvalue weighted by molar-refractivity contribution is -0.159. The summed E-state index contributed by atoms with van der Waals surface area (Å²) in [6.07, 6.45) is 1.81. The van der Waals surface area contributed by atoms with Crippen molar-refractivity contribution < 1.29 is 19.4 Å². The van der Waals surface area contributed by atoms with E-state index in [-0.39, 0.29) is 29.9 Å². The maximum atomic E-state index is 13.2. The summed E-state index contributed by atoms with van der Waals surface area (Å²) in [6, 6.07) is 8.05. The van der Waals surface area contributed by atoms with Gasteiger partial charge in [-0.3, -0.25) is 9.36 Å². The van der Waals surface area contributed by atoms with E-state index in [0.29, 0.717) is 22.9 Å². The predicted octanol–water partition coefficient (Wildman–Crippen LogP) is 0.766. The first-order chi connectivity index (χ1) is 14.5. The van der Waals surface area contributed by atoms with Gasteiger partial charge in [-0.25, -0.2) is 19.1 Å². The maximum absolute atomic E-state index is 13.2. The highest BCUT2D eigenvalue weighted by Gasteiger charge is 2.50. The van der Waals surface area contributed by atoms with Gasteiger partial charge in [0.25, 0.3) is 0 Å². The third kappa shape index (κ3) is 2.17. The number of amides is 1. The average molecular weight is 405 g/mol. The zero-order valence-electron chi connectivity index (χ0n) is 15.8. The molecule has 1 fully saturated rings. The van der Waals surface area contributed by atoms with E-state index < -0.39 is 23.6 Å². The van der Waals surface area contributed by atoms with E-state index in [0.717, 1.165) is 11.7 Å². The zero-order chi connectivity index (χ0) is 21.2. The van der Waals surface area contributed by atoms with E-state index in [1.54, 1.807) is 24.3 Å². The van der Waals surface area contributed by atoms with E-state index in [1.165, 1.54) is 15.7 Å². The number of imidazole rings is 1. The Labute approximate surface area is 169 Å². The Morgan fingerprint density at radius 3 is 2.73 bits per heavy atom. The van der Waals surface area contributed by atoms with Crippen LogP contribution in [0.1, 0.15) is 29.9 Å². The van der Waals surface area contributed by atoms with Crippen LogP contribution < -0.4 is 5.69 Å². The lowest BCUT2D eigenvalue weighted by atomic mass is 10.1. The van der Waals surface area contributed by atoms with E-state index in [9.17, 15) is 24.8 Å². The Balaban J connectivity index is 1.69. The van der Waals surface area contributed by atoms with Gasteiger partial charge in [-0.1, -0.05) is 24.3 Å². The molecule has 30 heavy (non-hydrogen) atoms. The molecule has 1 aromatic carbocycles. The van der Waals surface area contributed by atoms with Crippen molar-refractivity contribution in [2.45, 2.75) is 18.5 Å². The number of aromatic nitrogens is 3. The number of likely N-dealkylation sites (tertiary alicyclic amines) is 1. The van der Waals surface area contributed by atoms with Gasteiger partial charge in [-0.05, 0) is 6.42 Å². The van der Waals surface area contributed by atoms with Crippen LogP contribution in [0.3, 0.4) is 0 Å². The van der Waals surface area contributed by atoms with Crippen molar-refractivity contribution in [2.75, 3.05) is 13.7 Å². The molecule has 2 aliphatic rings. The number of methoxy groups -OCH3 is 1. The summed E-state index contributed by atoms with van der Waals surface area (Å²) < 4.78 is 7.12. The van der Waals surface area contributed by atoms with Gasteiger partial charge in [-0.15, -0.1) is 0 Å². The number of esters is 1. The summed E-state index contributed by atoms with van der Waals surface area (Å²) in [5, 5.41) is 21.4. The highest BCUT2D eigenvalue weighted by Crippen LogP contribution is 2.48. The van der Waals surface area contributed by atoms with Gasteiger partial charge in [0, 0.05) is 17.3 Å². The topological polar surface area (TPSA) is 130 Å². The summed E-state index contributed by atoms with van der Waals surface area (Å²) in [4.78, 5) is 42.7. The Morgan fingerprint density at radius 2 is 2.03 bits per heavy atom. The van der Waals surface area contributed by atoms with Crippen LogP contribution in [0, 0.1) is 11.3 Å². The number of carbonyl (C=O) groups excluding carboxylic acids is 2. The first-order valence-corrected chi connectivity index (χ1v) is 9.21. The third-order valence-electron chi connectivity index (χ3n) is 5.80. The molecule has 2 aromatic heterocycles. The second-order valence-corrected chi connectivity index (χ2v) is 7.20. The Morgan fingerprint density at radius 1 is 1.30 bits per heavy atom. The molecule has 3 aromatic rings. The Hall–Kier alpha value is -4.13. The van der Waals surface area contributed by atoms with Crippen molar-refractivity contribution >= 4 is 22.6 Å². The molecule has 0 radical (unpaired) electrons. The molecule has 1 amide bonds. The predicted molar refractivity (Wildman–Crippen MR) is 102 cm³/mol. The largest absolute Gasteiger partial charge is 0.493 e. The molecule has 2 bridgehead atoms. The van der Waals surface area contributed by atoms with E-state index >= 15 is 0 Å². The number of ether oxygens (including phenoxy) is 1. The van der Waals surface area contributed by atoms with Gasteiger partial charge in [0.15, 0.2) is 0 Å². The van der Waals surface area contributed by atoms with Crippen molar-refractivity contribution in [3.63, 3.8) is 0 Å². The lowest BCUT2D eigenvalue weighted by Gasteiger charge is -2.26. The average Bonchev–Trinajstić information content (AvgIpc) is 3.43. The number of pyridine rings is 1. The highest BCUT2D eigenvalue weighted by atomic mass is 16.5. The molecule has 4 heterocycles. The van der Waals surface area contributed by atoms with Gasteiger partial charge >= 0.3 is 17.6 Å². The van der Waals surface area contributed by atoms with Crippen LogP contribution in [0.5, 0.6) is 5.88 Å². The summed E-state index contributed by atoms with van der Waals surface area (Å²) in [5.41, 5.74) is 0.363. The molecule has 150 valence electrons. The second kappa shape index (κ2) is 6.18. The van der Waals surface area contributed by atoms with Crippen molar-refractivity contribution in [3.05, 3.63) is 52.3 Å². The van der Waals surface area contributed by atoms with Gasteiger partial charge in [0.05, 0.1) is 31.1 Å².